The van der Waals surface area contributed by atoms with Crippen molar-refractivity contribution in [2.24, 2.45) is 0 Å². The summed E-state index contributed by atoms with van der Waals surface area (Å²) in [5.74, 6) is 0.902. The van der Waals surface area contributed by atoms with Crippen LogP contribution >= 0.6 is 11.8 Å². The molecule has 2 amide bonds. The fourth-order valence-electron chi connectivity index (χ4n) is 4.22. The topological polar surface area (TPSA) is 58.2 Å². The first kappa shape index (κ1) is 24.8. The minimum atomic E-state index is -0.734. The van der Waals surface area contributed by atoms with Gasteiger partial charge >= 0.3 is 0 Å². The summed E-state index contributed by atoms with van der Waals surface area (Å²) in [6.07, 6.45) is 6.59. The number of carbonyl (C=O) groups is 2. The van der Waals surface area contributed by atoms with Gasteiger partial charge in [-0.15, -0.1) is 11.8 Å². The molecule has 180 valence electrons. The maximum absolute atomic E-state index is 13.2. The van der Waals surface area contributed by atoms with Crippen LogP contribution in [0.5, 0.6) is 0 Å². The Balaban J connectivity index is 1.39. The molecule has 5 heteroatoms. The van der Waals surface area contributed by atoms with Gasteiger partial charge in [-0.3, -0.25) is 9.59 Å². The number of allylic oxidation sites excluding steroid dienone is 1. The highest BCUT2D eigenvalue weighted by molar-refractivity contribution is 7.99. The monoisotopic (exact) mass is 484 g/mol. The van der Waals surface area contributed by atoms with Crippen molar-refractivity contribution in [2.45, 2.75) is 50.3 Å². The van der Waals surface area contributed by atoms with Crippen molar-refractivity contribution < 1.29 is 9.59 Å². The molecule has 0 fully saturated rings. The first-order valence-corrected chi connectivity index (χ1v) is 13.1. The van der Waals surface area contributed by atoms with Gasteiger partial charge in [0.2, 0.25) is 11.8 Å². The molecular formula is C30H32N2O2S. The Labute approximate surface area is 212 Å². The van der Waals surface area contributed by atoms with Crippen LogP contribution in [0.15, 0.2) is 77.7 Å². The van der Waals surface area contributed by atoms with E-state index in [2.05, 4.69) is 47.9 Å². The van der Waals surface area contributed by atoms with Crippen LogP contribution in [0.3, 0.4) is 0 Å². The van der Waals surface area contributed by atoms with E-state index in [1.54, 1.807) is 11.8 Å². The molecule has 0 aliphatic heterocycles. The molecule has 4 rings (SSSR count). The SMILES string of the molecule is CCSc1ccc(CC(=O)Nc2ccc(C(C)(C)C(=O)Nc3cccc4c3C=CCC4)cc2)cc1. The van der Waals surface area contributed by atoms with Crippen molar-refractivity contribution in [1.82, 2.24) is 0 Å². The second kappa shape index (κ2) is 11.0. The molecule has 2 N–H and O–H groups in total. The van der Waals surface area contributed by atoms with Crippen LogP contribution in [0.1, 0.15) is 49.4 Å². The first-order valence-electron chi connectivity index (χ1n) is 12.1. The highest BCUT2D eigenvalue weighted by Crippen LogP contribution is 2.30. The highest BCUT2D eigenvalue weighted by atomic mass is 32.2. The van der Waals surface area contributed by atoms with E-state index in [1.807, 2.05) is 62.4 Å². The van der Waals surface area contributed by atoms with Crippen molar-refractivity contribution in [2.75, 3.05) is 16.4 Å². The number of hydrogen-bond acceptors (Lipinski definition) is 3. The number of benzene rings is 3. The molecule has 3 aromatic rings. The van der Waals surface area contributed by atoms with Gasteiger partial charge < -0.3 is 10.6 Å². The molecule has 0 heterocycles. The standard InChI is InChI=1S/C30H32N2O2S/c1-4-35-25-18-12-21(13-19-25)20-28(33)31-24-16-14-23(15-17-24)30(2,3)29(34)32-27-11-7-9-22-8-5-6-10-26(22)27/h6-7,9-19H,4-5,8,20H2,1-3H3,(H,31,33)(H,32,34). The second-order valence-corrected chi connectivity index (χ2v) is 10.6. The van der Waals surface area contributed by atoms with Crippen LogP contribution in [0.25, 0.3) is 6.08 Å². The molecular weight excluding hydrogens is 452 g/mol. The number of nitrogens with one attached hydrogen (secondary N) is 2. The van der Waals surface area contributed by atoms with Crippen molar-refractivity contribution in [3.8, 4) is 0 Å². The van der Waals surface area contributed by atoms with Gasteiger partial charge in [0.15, 0.2) is 0 Å². The summed E-state index contributed by atoms with van der Waals surface area (Å²) < 4.78 is 0. The zero-order chi connectivity index (χ0) is 24.8. The maximum Gasteiger partial charge on any atom is 0.234 e. The lowest BCUT2D eigenvalue weighted by molar-refractivity contribution is -0.120. The van der Waals surface area contributed by atoms with Crippen LogP contribution < -0.4 is 10.6 Å². The third-order valence-corrected chi connectivity index (χ3v) is 7.26. The summed E-state index contributed by atoms with van der Waals surface area (Å²) in [4.78, 5) is 27.0. The van der Waals surface area contributed by atoms with Gasteiger partial charge in [-0.25, -0.2) is 0 Å². The number of carbonyl (C=O) groups excluding carboxylic acids is 2. The zero-order valence-electron chi connectivity index (χ0n) is 20.6. The van der Waals surface area contributed by atoms with Crippen LogP contribution in [-0.4, -0.2) is 17.6 Å². The second-order valence-electron chi connectivity index (χ2n) is 9.28. The summed E-state index contributed by atoms with van der Waals surface area (Å²) in [5.41, 5.74) is 5.06. The Kier molecular flexibility index (Phi) is 7.76. The summed E-state index contributed by atoms with van der Waals surface area (Å²) in [6.45, 7) is 5.96. The Morgan fingerprint density at radius 2 is 1.69 bits per heavy atom. The van der Waals surface area contributed by atoms with Gasteiger partial charge in [0.05, 0.1) is 11.8 Å². The summed E-state index contributed by atoms with van der Waals surface area (Å²) >= 11 is 1.78. The number of hydrogen-bond donors (Lipinski definition) is 2. The lowest BCUT2D eigenvalue weighted by atomic mass is 9.83. The van der Waals surface area contributed by atoms with E-state index in [1.165, 1.54) is 10.5 Å². The summed E-state index contributed by atoms with van der Waals surface area (Å²) in [7, 11) is 0. The quantitative estimate of drug-likeness (QED) is 0.344. The molecule has 0 unspecified atom stereocenters. The molecule has 1 aliphatic carbocycles. The Morgan fingerprint density at radius 1 is 0.943 bits per heavy atom. The molecule has 0 aromatic heterocycles. The molecule has 4 nitrogen and oxygen atoms in total. The molecule has 0 atom stereocenters. The molecule has 0 radical (unpaired) electrons. The van der Waals surface area contributed by atoms with Crippen LogP contribution in [0.4, 0.5) is 11.4 Å². The van der Waals surface area contributed by atoms with E-state index in [-0.39, 0.29) is 11.8 Å². The molecule has 0 saturated heterocycles. The van der Waals surface area contributed by atoms with Gasteiger partial charge in [0.1, 0.15) is 0 Å². The maximum atomic E-state index is 13.2. The number of fused-ring (bicyclic) bond motifs is 1. The lowest BCUT2D eigenvalue weighted by Gasteiger charge is -2.26. The molecule has 0 bridgehead atoms. The fourth-order valence-corrected chi connectivity index (χ4v) is 4.88. The zero-order valence-corrected chi connectivity index (χ0v) is 21.4. The molecule has 0 spiro atoms. The van der Waals surface area contributed by atoms with E-state index in [0.717, 1.165) is 46.7 Å². The number of rotatable bonds is 8. The minimum Gasteiger partial charge on any atom is -0.326 e. The van der Waals surface area contributed by atoms with E-state index >= 15 is 0 Å². The highest BCUT2D eigenvalue weighted by Gasteiger charge is 2.30. The predicted octanol–water partition coefficient (Wildman–Crippen LogP) is 6.86. The van der Waals surface area contributed by atoms with Crippen molar-refractivity contribution in [1.29, 1.82) is 0 Å². The van der Waals surface area contributed by atoms with Crippen molar-refractivity contribution in [3.63, 3.8) is 0 Å². The average molecular weight is 485 g/mol. The Hall–Kier alpha value is -3.31. The molecule has 35 heavy (non-hydrogen) atoms. The Bertz CT molecular complexity index is 1230. The minimum absolute atomic E-state index is 0.0625. The number of amides is 2. The predicted molar refractivity (Wildman–Crippen MR) is 147 cm³/mol. The largest absolute Gasteiger partial charge is 0.326 e. The van der Waals surface area contributed by atoms with Crippen LogP contribution in [0.2, 0.25) is 0 Å². The smallest absolute Gasteiger partial charge is 0.234 e. The van der Waals surface area contributed by atoms with Gasteiger partial charge in [-0.1, -0.05) is 55.5 Å². The number of anilines is 2. The molecule has 0 saturated carbocycles. The van der Waals surface area contributed by atoms with E-state index in [9.17, 15) is 9.59 Å². The first-order chi connectivity index (χ1) is 16.9. The van der Waals surface area contributed by atoms with Crippen LogP contribution in [-0.2, 0) is 27.8 Å². The van der Waals surface area contributed by atoms with Crippen LogP contribution in [0, 0.1) is 0 Å². The summed E-state index contributed by atoms with van der Waals surface area (Å²) in [6, 6.07) is 21.7. The van der Waals surface area contributed by atoms with E-state index in [4.69, 9.17) is 0 Å². The van der Waals surface area contributed by atoms with E-state index < -0.39 is 5.41 Å². The average Bonchev–Trinajstić information content (AvgIpc) is 2.86. The van der Waals surface area contributed by atoms with Gasteiger partial charge in [0, 0.05) is 21.8 Å². The third-order valence-electron chi connectivity index (χ3n) is 6.37. The number of thioether (sulfide) groups is 1. The lowest BCUT2D eigenvalue weighted by Crippen LogP contribution is -2.35. The van der Waals surface area contributed by atoms with E-state index in [0.29, 0.717) is 6.42 Å². The van der Waals surface area contributed by atoms with Crippen molar-refractivity contribution in [3.05, 3.63) is 95.1 Å². The normalized spacial score (nSPS) is 12.7. The third kappa shape index (κ3) is 6.04. The van der Waals surface area contributed by atoms with Gasteiger partial charge in [-0.2, -0.15) is 0 Å². The van der Waals surface area contributed by atoms with Crippen molar-refractivity contribution >= 4 is 41.0 Å². The molecule has 3 aromatic carbocycles. The molecule has 1 aliphatic rings. The van der Waals surface area contributed by atoms with Gasteiger partial charge in [0.25, 0.3) is 0 Å². The van der Waals surface area contributed by atoms with Gasteiger partial charge in [-0.05, 0) is 79.5 Å². The number of aryl methyl sites for hydroxylation is 1. The summed E-state index contributed by atoms with van der Waals surface area (Å²) in [5, 5.41) is 6.09. The Morgan fingerprint density at radius 3 is 2.40 bits per heavy atom. The fraction of sp³-hybridized carbons (Fsp3) is 0.267.